The van der Waals surface area contributed by atoms with E-state index in [1.165, 1.54) is 13.8 Å². The van der Waals surface area contributed by atoms with Gasteiger partial charge in [0.1, 0.15) is 16.6 Å². The van der Waals surface area contributed by atoms with Crippen LogP contribution in [0.4, 0.5) is 5.00 Å². The zero-order chi connectivity index (χ0) is 13.9. The van der Waals surface area contributed by atoms with Crippen molar-refractivity contribution in [3.05, 3.63) is 11.3 Å². The van der Waals surface area contributed by atoms with Crippen LogP contribution < -0.4 is 10.6 Å². The Morgan fingerprint density at radius 3 is 2.50 bits per heavy atom. The number of nitrogens with one attached hydrogen (secondary N) is 2. The lowest BCUT2D eigenvalue weighted by molar-refractivity contribution is -0.124. The lowest BCUT2D eigenvalue weighted by atomic mass is 10.2. The smallest absolute Gasteiger partial charge is 0.340 e. The number of carbonyl (C=O) groups is 3. The highest BCUT2D eigenvalue weighted by molar-refractivity contribution is 7.11. The van der Waals surface area contributed by atoms with Gasteiger partial charge in [0.25, 0.3) is 0 Å². The van der Waals surface area contributed by atoms with E-state index in [1.54, 1.807) is 6.92 Å². The Bertz CT molecular complexity index is 497. The van der Waals surface area contributed by atoms with Gasteiger partial charge in [-0.3, -0.25) is 9.59 Å². The summed E-state index contributed by atoms with van der Waals surface area (Å²) in [4.78, 5) is 33.5. The second kappa shape index (κ2) is 5.58. The topological polar surface area (TPSA) is 108 Å². The van der Waals surface area contributed by atoms with Gasteiger partial charge in [-0.1, -0.05) is 0 Å². The van der Waals surface area contributed by atoms with Crippen LogP contribution in [0.15, 0.2) is 0 Å². The molecule has 0 aromatic carbocycles. The number of carbonyl (C=O) groups excluding carboxylic acids is 2. The van der Waals surface area contributed by atoms with E-state index in [4.69, 9.17) is 5.11 Å². The van der Waals surface area contributed by atoms with E-state index in [0.29, 0.717) is 5.69 Å². The molecule has 98 valence electrons. The van der Waals surface area contributed by atoms with Crippen molar-refractivity contribution in [2.45, 2.75) is 26.8 Å². The summed E-state index contributed by atoms with van der Waals surface area (Å²) in [6.45, 7) is 4.35. The third kappa shape index (κ3) is 3.27. The molecule has 2 amide bonds. The molecular formula is C10H13N3O4S. The van der Waals surface area contributed by atoms with Crippen molar-refractivity contribution < 1.29 is 19.5 Å². The largest absolute Gasteiger partial charge is 0.478 e. The molecule has 3 N–H and O–H groups in total. The quantitative estimate of drug-likeness (QED) is 0.743. The Labute approximate surface area is 107 Å². The van der Waals surface area contributed by atoms with E-state index in [9.17, 15) is 14.4 Å². The molecule has 0 radical (unpaired) electrons. The number of rotatable bonds is 4. The van der Waals surface area contributed by atoms with Gasteiger partial charge in [-0.15, -0.1) is 0 Å². The first-order valence-electron chi connectivity index (χ1n) is 5.10. The van der Waals surface area contributed by atoms with Gasteiger partial charge in [0.05, 0.1) is 5.69 Å². The van der Waals surface area contributed by atoms with Crippen LogP contribution in [-0.2, 0) is 9.59 Å². The molecule has 0 aliphatic heterocycles. The van der Waals surface area contributed by atoms with Crippen molar-refractivity contribution in [2.75, 3.05) is 5.32 Å². The van der Waals surface area contributed by atoms with Crippen molar-refractivity contribution >= 4 is 34.3 Å². The van der Waals surface area contributed by atoms with Crippen LogP contribution in [0, 0.1) is 6.92 Å². The van der Waals surface area contributed by atoms with Gasteiger partial charge in [-0.2, -0.15) is 4.37 Å². The molecule has 0 saturated heterocycles. The Morgan fingerprint density at radius 2 is 2.00 bits per heavy atom. The lowest BCUT2D eigenvalue weighted by Gasteiger charge is -2.11. The molecule has 0 aliphatic rings. The summed E-state index contributed by atoms with van der Waals surface area (Å²) < 4.78 is 3.87. The van der Waals surface area contributed by atoms with Gasteiger partial charge in [0.15, 0.2) is 0 Å². The second-order valence-electron chi connectivity index (χ2n) is 3.69. The van der Waals surface area contributed by atoms with E-state index < -0.39 is 17.9 Å². The third-order valence-electron chi connectivity index (χ3n) is 2.13. The molecule has 1 atom stereocenters. The Kier molecular flexibility index (Phi) is 4.38. The summed E-state index contributed by atoms with van der Waals surface area (Å²) >= 11 is 0.894. The Balaban J connectivity index is 2.82. The van der Waals surface area contributed by atoms with E-state index in [0.717, 1.165) is 11.5 Å². The van der Waals surface area contributed by atoms with Crippen molar-refractivity contribution in [1.29, 1.82) is 0 Å². The molecule has 1 rings (SSSR count). The summed E-state index contributed by atoms with van der Waals surface area (Å²) in [5, 5.41) is 14.0. The number of anilines is 1. The minimum Gasteiger partial charge on any atom is -0.478 e. The van der Waals surface area contributed by atoms with Gasteiger partial charge in [0.2, 0.25) is 11.8 Å². The highest BCUT2D eigenvalue weighted by atomic mass is 32.1. The molecular weight excluding hydrogens is 258 g/mol. The van der Waals surface area contributed by atoms with Crippen LogP contribution in [0.25, 0.3) is 0 Å². The van der Waals surface area contributed by atoms with Gasteiger partial charge < -0.3 is 15.7 Å². The Hall–Kier alpha value is -1.96. The van der Waals surface area contributed by atoms with Crippen LogP contribution in [0.1, 0.15) is 29.9 Å². The van der Waals surface area contributed by atoms with Crippen LogP contribution >= 0.6 is 11.5 Å². The van der Waals surface area contributed by atoms with Gasteiger partial charge in [-0.05, 0) is 25.4 Å². The number of aromatic nitrogens is 1. The summed E-state index contributed by atoms with van der Waals surface area (Å²) in [7, 11) is 0. The number of amides is 2. The number of aromatic carboxylic acids is 1. The fraction of sp³-hybridized carbons (Fsp3) is 0.400. The molecule has 0 saturated carbocycles. The van der Waals surface area contributed by atoms with Gasteiger partial charge in [0, 0.05) is 6.92 Å². The first-order chi connectivity index (χ1) is 8.32. The van der Waals surface area contributed by atoms with E-state index in [2.05, 4.69) is 15.0 Å². The van der Waals surface area contributed by atoms with Crippen LogP contribution in [0.3, 0.4) is 0 Å². The average molecular weight is 271 g/mol. The van der Waals surface area contributed by atoms with Crippen LogP contribution in [0.2, 0.25) is 0 Å². The zero-order valence-corrected chi connectivity index (χ0v) is 10.9. The standard InChI is InChI=1S/C10H13N3O4S/c1-4-7(10(16)17)9(18-13-4)12-8(15)5(2)11-6(3)14/h5H,1-3H3,(H,11,14)(H,12,15)(H,16,17). The molecule has 0 fully saturated rings. The first kappa shape index (κ1) is 14.1. The molecule has 8 heteroatoms. The monoisotopic (exact) mass is 271 g/mol. The lowest BCUT2D eigenvalue weighted by Crippen LogP contribution is -2.40. The number of aryl methyl sites for hydroxylation is 1. The highest BCUT2D eigenvalue weighted by Crippen LogP contribution is 2.24. The fourth-order valence-electron chi connectivity index (χ4n) is 1.30. The minimum atomic E-state index is -1.15. The predicted octanol–water partition coefficient (Wildman–Crippen LogP) is 0.613. The molecule has 0 aliphatic carbocycles. The SMILES string of the molecule is CC(=O)NC(C)C(=O)Nc1snc(C)c1C(=O)O. The summed E-state index contributed by atoms with van der Waals surface area (Å²) in [6, 6.07) is -0.744. The molecule has 1 heterocycles. The maximum atomic E-state index is 11.7. The Morgan fingerprint density at radius 1 is 1.39 bits per heavy atom. The van der Waals surface area contributed by atoms with E-state index in [1.807, 2.05) is 0 Å². The van der Waals surface area contributed by atoms with E-state index >= 15 is 0 Å². The van der Waals surface area contributed by atoms with Crippen LogP contribution in [0.5, 0.6) is 0 Å². The maximum Gasteiger partial charge on any atom is 0.340 e. The summed E-state index contributed by atoms with van der Waals surface area (Å²) in [6.07, 6.45) is 0. The maximum absolute atomic E-state index is 11.7. The van der Waals surface area contributed by atoms with E-state index in [-0.39, 0.29) is 16.5 Å². The fourth-order valence-corrected chi connectivity index (χ4v) is 2.09. The van der Waals surface area contributed by atoms with Crippen molar-refractivity contribution in [3.63, 3.8) is 0 Å². The third-order valence-corrected chi connectivity index (χ3v) is 2.98. The number of nitrogens with zero attached hydrogens (tertiary/aromatic N) is 1. The minimum absolute atomic E-state index is 0.0247. The molecule has 0 bridgehead atoms. The molecule has 0 spiro atoms. The second-order valence-corrected chi connectivity index (χ2v) is 4.46. The average Bonchev–Trinajstić information content (AvgIpc) is 2.58. The van der Waals surface area contributed by atoms with Crippen molar-refractivity contribution in [3.8, 4) is 0 Å². The first-order valence-corrected chi connectivity index (χ1v) is 5.87. The number of hydrogen-bond acceptors (Lipinski definition) is 5. The molecule has 18 heavy (non-hydrogen) atoms. The zero-order valence-electron chi connectivity index (χ0n) is 10.1. The van der Waals surface area contributed by atoms with Crippen molar-refractivity contribution in [1.82, 2.24) is 9.69 Å². The van der Waals surface area contributed by atoms with Crippen molar-refractivity contribution in [2.24, 2.45) is 0 Å². The number of carboxylic acids is 1. The van der Waals surface area contributed by atoms with Gasteiger partial charge >= 0.3 is 5.97 Å². The number of hydrogen-bond donors (Lipinski definition) is 3. The summed E-state index contributed by atoms with van der Waals surface area (Å²) in [5.41, 5.74) is 0.318. The molecule has 1 aromatic heterocycles. The summed E-state index contributed by atoms with van der Waals surface area (Å²) in [5.74, 6) is -1.98. The molecule has 1 aromatic rings. The normalized spacial score (nSPS) is 11.7. The molecule has 7 nitrogen and oxygen atoms in total. The van der Waals surface area contributed by atoms with Crippen LogP contribution in [-0.4, -0.2) is 33.3 Å². The highest BCUT2D eigenvalue weighted by Gasteiger charge is 2.21. The number of carboxylic acid groups (broad SMARTS) is 1. The van der Waals surface area contributed by atoms with Gasteiger partial charge in [-0.25, -0.2) is 4.79 Å². The molecule has 1 unspecified atom stereocenters. The predicted molar refractivity (Wildman–Crippen MR) is 65.7 cm³/mol.